The van der Waals surface area contributed by atoms with E-state index >= 15 is 0 Å². The number of aliphatic hydroxyl groups is 13. The number of ether oxygens (including phenoxy) is 6. The Bertz CT molecular complexity index is 1760. The molecule has 3 aliphatic heterocycles. The molecule has 3 saturated heterocycles. The maximum absolute atomic E-state index is 13.4. The molecule has 0 bridgehead atoms. The monoisotopic (exact) mass is 993 g/mol. The number of ketones is 1. The van der Waals surface area contributed by atoms with Crippen molar-refractivity contribution < 1.29 is 99.6 Å². The summed E-state index contributed by atoms with van der Waals surface area (Å²) in [6.07, 6.45) is -22.7. The molecular weight excluding hydrogens is 909 g/mol. The molecule has 20 nitrogen and oxygen atoms in total. The van der Waals surface area contributed by atoms with E-state index in [1.54, 1.807) is 0 Å². The lowest BCUT2D eigenvalue weighted by Crippen LogP contribution is -2.70. The number of fused-ring (bicyclic) bond motifs is 5. The Labute approximate surface area is 404 Å². The summed E-state index contributed by atoms with van der Waals surface area (Å²) in [7, 11) is 0. The average Bonchev–Trinajstić information content (AvgIpc) is 3.70. The van der Waals surface area contributed by atoms with Crippen molar-refractivity contribution in [3.63, 3.8) is 0 Å². The van der Waals surface area contributed by atoms with Gasteiger partial charge in [0.2, 0.25) is 0 Å². The third kappa shape index (κ3) is 9.32. The number of rotatable bonds is 15. The molecule has 27 atom stereocenters. The first-order valence-corrected chi connectivity index (χ1v) is 25.3. The minimum Gasteiger partial charge on any atom is -0.394 e. The van der Waals surface area contributed by atoms with Crippen molar-refractivity contribution in [1.82, 2.24) is 0 Å². The maximum atomic E-state index is 13.4. The van der Waals surface area contributed by atoms with Gasteiger partial charge in [-0.25, -0.2) is 0 Å². The van der Waals surface area contributed by atoms with Crippen molar-refractivity contribution in [2.75, 3.05) is 19.8 Å². The van der Waals surface area contributed by atoms with Crippen molar-refractivity contribution in [1.29, 1.82) is 0 Å². The van der Waals surface area contributed by atoms with Crippen LogP contribution in [0.15, 0.2) is 0 Å². The molecule has 0 aromatic heterocycles. The third-order valence-electron chi connectivity index (χ3n) is 19.6. The number of aliphatic hydroxyl groups excluding tert-OH is 13. The van der Waals surface area contributed by atoms with Crippen LogP contribution in [0.3, 0.4) is 0 Å². The molecule has 0 aromatic carbocycles. The molecule has 3 heterocycles. The zero-order chi connectivity index (χ0) is 51.1. The lowest BCUT2D eigenvalue weighted by Gasteiger charge is -2.71. The van der Waals surface area contributed by atoms with Crippen LogP contribution in [0.5, 0.6) is 0 Å². The molecule has 7 fully saturated rings. The summed E-state index contributed by atoms with van der Waals surface area (Å²) in [6.45, 7) is 14.2. The van der Waals surface area contributed by atoms with Crippen molar-refractivity contribution in [3.05, 3.63) is 0 Å². The fourth-order valence-corrected chi connectivity index (χ4v) is 15.2. The summed E-state index contributed by atoms with van der Waals surface area (Å²) < 4.78 is 36.8. The molecule has 0 spiro atoms. The number of hydrogen-bond donors (Lipinski definition) is 13. The van der Waals surface area contributed by atoms with Crippen molar-refractivity contribution >= 4 is 5.78 Å². The van der Waals surface area contributed by atoms with Crippen LogP contribution in [0.4, 0.5) is 0 Å². The van der Waals surface area contributed by atoms with Gasteiger partial charge in [-0.15, -0.1) is 0 Å². The van der Waals surface area contributed by atoms with E-state index in [0.717, 1.165) is 6.42 Å². The van der Waals surface area contributed by atoms with Gasteiger partial charge in [-0.2, -0.15) is 0 Å². The molecular formula is C49H84O20. The van der Waals surface area contributed by atoms with Crippen LogP contribution in [0.2, 0.25) is 0 Å². The second-order valence-corrected chi connectivity index (χ2v) is 23.5. The second kappa shape index (κ2) is 20.6. The highest BCUT2D eigenvalue weighted by Gasteiger charge is 2.73. The molecule has 7 aliphatic rings. The van der Waals surface area contributed by atoms with Crippen LogP contribution in [0.25, 0.3) is 0 Å². The lowest BCUT2D eigenvalue weighted by atomic mass is 9.35. The standard InChI is InChI=1S/C49H84O20/c1-9-21(2)23(53)11-15-49(8,69-43-39(63)36(60)33(57)27(19-51)65-43)22-10-13-48(7)31(22)24(54)16-30-46(5)17-25(55)41(45(3,4)29(46)12-14-47(30,48)6)68-44-40(37(61)34(58)28(20-52)66-44)67-42-38(62)35(59)32(56)26(18-50)64-42/h21-22,24-44,50-52,54-63H,9-20H2,1-8H3/t21?,22-,24+,25+,26+,27+,28+,29?,30?,31-,32+,33+,34+,35-,36-,37-,38+,39+,40+,41-,42-,43-,44-,46-,47+,48+,49-/m0/s1. The number of carbonyl (C=O) groups is 1. The van der Waals surface area contributed by atoms with E-state index in [0.29, 0.717) is 32.1 Å². The van der Waals surface area contributed by atoms with E-state index in [1.807, 2.05) is 34.6 Å². The third-order valence-corrected chi connectivity index (χ3v) is 19.6. The van der Waals surface area contributed by atoms with E-state index in [-0.39, 0.29) is 54.6 Å². The summed E-state index contributed by atoms with van der Waals surface area (Å²) in [5.41, 5.74) is -3.49. The molecule has 13 N–H and O–H groups in total. The van der Waals surface area contributed by atoms with E-state index in [1.165, 1.54) is 0 Å². The number of Topliss-reactive ketones (excluding diaryl/α,β-unsaturated/α-hetero) is 1. The molecule has 400 valence electrons. The minimum absolute atomic E-state index is 0.0407. The van der Waals surface area contributed by atoms with Crippen LogP contribution in [-0.2, 0) is 33.2 Å². The quantitative estimate of drug-likeness (QED) is 0.0839. The molecule has 20 heteroatoms. The molecule has 0 amide bonds. The maximum Gasteiger partial charge on any atom is 0.187 e. The second-order valence-electron chi connectivity index (χ2n) is 23.5. The van der Waals surface area contributed by atoms with E-state index < -0.39 is 158 Å². The highest BCUT2D eigenvalue weighted by molar-refractivity contribution is 5.80. The van der Waals surface area contributed by atoms with Gasteiger partial charge in [-0.1, -0.05) is 48.5 Å². The van der Waals surface area contributed by atoms with E-state index in [9.17, 15) is 71.2 Å². The first-order valence-electron chi connectivity index (χ1n) is 25.3. The minimum atomic E-state index is -1.86. The fourth-order valence-electron chi connectivity index (χ4n) is 15.2. The lowest BCUT2D eigenvalue weighted by molar-refractivity contribution is -0.383. The Balaban J connectivity index is 1.15. The predicted molar refractivity (Wildman–Crippen MR) is 240 cm³/mol. The summed E-state index contributed by atoms with van der Waals surface area (Å²) in [4.78, 5) is 13.4. The highest BCUT2D eigenvalue weighted by Crippen LogP contribution is 2.76. The first-order chi connectivity index (χ1) is 32.2. The van der Waals surface area contributed by atoms with Crippen LogP contribution in [0, 0.1) is 51.2 Å². The highest BCUT2D eigenvalue weighted by atomic mass is 16.8. The van der Waals surface area contributed by atoms with Crippen molar-refractivity contribution in [3.8, 4) is 0 Å². The van der Waals surface area contributed by atoms with E-state index in [2.05, 4.69) is 20.8 Å². The molecule has 0 radical (unpaired) electrons. The topological polar surface area (TPSA) is 335 Å². The number of hydrogen-bond acceptors (Lipinski definition) is 20. The molecule has 7 rings (SSSR count). The zero-order valence-corrected chi connectivity index (χ0v) is 41.4. The summed E-state index contributed by atoms with van der Waals surface area (Å²) >= 11 is 0. The van der Waals surface area contributed by atoms with Crippen LogP contribution < -0.4 is 0 Å². The van der Waals surface area contributed by atoms with Crippen LogP contribution in [-0.4, -0.2) is 208 Å². The number of carbonyl (C=O) groups excluding carboxylic acids is 1. The molecule has 3 unspecified atom stereocenters. The predicted octanol–water partition coefficient (Wildman–Crippen LogP) is -1.41. The summed E-state index contributed by atoms with van der Waals surface area (Å²) in [6, 6.07) is 0. The van der Waals surface area contributed by atoms with E-state index in [4.69, 9.17) is 28.4 Å². The summed E-state index contributed by atoms with van der Waals surface area (Å²) in [5, 5.41) is 141. The Morgan fingerprint density at radius 3 is 1.74 bits per heavy atom. The summed E-state index contributed by atoms with van der Waals surface area (Å²) in [5.74, 6) is -1.11. The van der Waals surface area contributed by atoms with Gasteiger partial charge in [-0.3, -0.25) is 4.79 Å². The van der Waals surface area contributed by atoms with Crippen LogP contribution in [0.1, 0.15) is 113 Å². The van der Waals surface area contributed by atoms with Gasteiger partial charge in [0, 0.05) is 12.3 Å². The first kappa shape index (κ1) is 55.7. The molecule has 4 aliphatic carbocycles. The Kier molecular flexibility index (Phi) is 16.6. The van der Waals surface area contributed by atoms with Gasteiger partial charge in [0.05, 0.1) is 43.7 Å². The Hall–Kier alpha value is -1.09. The Morgan fingerprint density at radius 1 is 0.652 bits per heavy atom. The Morgan fingerprint density at radius 2 is 1.17 bits per heavy atom. The van der Waals surface area contributed by atoms with Gasteiger partial charge in [0.15, 0.2) is 18.9 Å². The van der Waals surface area contributed by atoms with Crippen molar-refractivity contribution in [2.24, 2.45) is 51.2 Å². The molecule has 0 aromatic rings. The molecule has 4 saturated carbocycles. The normalized spacial score (nSPS) is 52.2. The van der Waals surface area contributed by atoms with Gasteiger partial charge < -0.3 is 94.8 Å². The van der Waals surface area contributed by atoms with Gasteiger partial charge in [0.1, 0.15) is 79.0 Å². The van der Waals surface area contributed by atoms with Crippen molar-refractivity contribution in [2.45, 2.75) is 229 Å². The van der Waals surface area contributed by atoms with Gasteiger partial charge >= 0.3 is 0 Å². The zero-order valence-electron chi connectivity index (χ0n) is 41.4. The fraction of sp³-hybridized carbons (Fsp3) is 0.980. The van der Waals surface area contributed by atoms with Gasteiger partial charge in [0.25, 0.3) is 0 Å². The SMILES string of the molecule is CCC(C)C(=O)CC[C@](C)(O[C@@H]1O[C@H](CO)[C@@H](O)[C@H](O)[C@H]1O)[C@H]1CC[C@]2(C)[C@@H]1[C@H](O)CC1[C@@]3(C)C[C@@H](O)[C@H](O[C@@H]4O[C@H](CO)[C@@H](O)[C@H](O)[C@H]4O[C@@H]4O[C@H](CO)[C@@H](O)[C@H](O)[C@H]4O)C(C)(C)C3CC[C@]12C. The average molecular weight is 993 g/mol. The smallest absolute Gasteiger partial charge is 0.187 e. The largest absolute Gasteiger partial charge is 0.394 e. The van der Waals surface area contributed by atoms with Gasteiger partial charge in [-0.05, 0) is 104 Å². The molecule has 69 heavy (non-hydrogen) atoms. The van der Waals surface area contributed by atoms with Crippen LogP contribution >= 0.6 is 0 Å².